The summed E-state index contributed by atoms with van der Waals surface area (Å²) in [5, 5.41) is 2.85. The lowest BCUT2D eigenvalue weighted by Crippen LogP contribution is -2.32. The highest BCUT2D eigenvalue weighted by atomic mass is 16.5. The zero-order valence-electron chi connectivity index (χ0n) is 20.7. The summed E-state index contributed by atoms with van der Waals surface area (Å²) in [6.07, 6.45) is 5.85. The number of aromatic nitrogens is 2. The molecule has 9 nitrogen and oxygen atoms in total. The molecule has 2 heterocycles. The molecule has 0 aliphatic heterocycles. The summed E-state index contributed by atoms with van der Waals surface area (Å²) in [7, 11) is 1.31. The number of anilines is 1. The quantitative estimate of drug-likeness (QED) is 0.351. The molecule has 2 amide bonds. The Labute approximate surface area is 215 Å². The Kier molecular flexibility index (Phi) is 7.89. The lowest BCUT2D eigenvalue weighted by atomic mass is 10.0. The number of pyridine rings is 2. The molecule has 0 atom stereocenters. The first kappa shape index (κ1) is 25.5. The zero-order chi connectivity index (χ0) is 26.4. The van der Waals surface area contributed by atoms with Gasteiger partial charge in [-0.3, -0.25) is 14.6 Å². The highest BCUT2D eigenvalue weighted by molar-refractivity contribution is 6.03. The molecule has 1 fully saturated rings. The van der Waals surface area contributed by atoms with Crippen molar-refractivity contribution in [1.82, 2.24) is 15.3 Å². The van der Waals surface area contributed by atoms with Crippen LogP contribution in [0.5, 0.6) is 0 Å². The Morgan fingerprint density at radius 1 is 1.11 bits per heavy atom. The van der Waals surface area contributed by atoms with Crippen LogP contribution in [0.3, 0.4) is 0 Å². The van der Waals surface area contributed by atoms with Crippen LogP contribution in [0.4, 0.5) is 11.5 Å². The van der Waals surface area contributed by atoms with Gasteiger partial charge in [-0.25, -0.2) is 4.79 Å². The van der Waals surface area contributed by atoms with Crippen molar-refractivity contribution in [2.24, 2.45) is 5.92 Å². The minimum Gasteiger partial charge on any atom is -0.465 e. The van der Waals surface area contributed by atoms with Crippen LogP contribution in [0.15, 0.2) is 54.9 Å². The number of hydrogen-bond acceptors (Lipinski definition) is 6. The Bertz CT molecular complexity index is 1340. The van der Waals surface area contributed by atoms with Crippen LogP contribution < -0.4 is 10.2 Å². The van der Waals surface area contributed by atoms with E-state index < -0.39 is 5.97 Å². The number of hydrogen-bond donors (Lipinski definition) is 1. The summed E-state index contributed by atoms with van der Waals surface area (Å²) in [6.45, 7) is 9.42. The van der Waals surface area contributed by atoms with Crippen LogP contribution >= 0.6 is 0 Å². The van der Waals surface area contributed by atoms with E-state index in [9.17, 15) is 14.4 Å². The Morgan fingerprint density at radius 2 is 1.92 bits per heavy atom. The van der Waals surface area contributed by atoms with Gasteiger partial charge in [-0.15, -0.1) is 4.98 Å². The molecule has 1 aromatic carbocycles. The molecule has 1 saturated carbocycles. The summed E-state index contributed by atoms with van der Waals surface area (Å²) in [5.74, 6) is -0.130. The fraction of sp³-hybridized carbons (Fsp3) is 0.286. The van der Waals surface area contributed by atoms with Crippen LogP contribution in [0.2, 0.25) is 0 Å². The van der Waals surface area contributed by atoms with Gasteiger partial charge in [0.25, 0.3) is 11.7 Å². The SMILES string of the molecule is [C-]#[N+]c1ccc(CCNC(=O)c2ccc(-c3ccc(N(CC4CC4)C(C)=O)c(C(=O)OC)c3)nc2)cn1. The van der Waals surface area contributed by atoms with E-state index in [1.54, 1.807) is 47.5 Å². The van der Waals surface area contributed by atoms with Crippen molar-refractivity contribution in [1.29, 1.82) is 0 Å². The topological polar surface area (TPSA) is 106 Å². The van der Waals surface area contributed by atoms with Crippen molar-refractivity contribution in [3.8, 4) is 11.3 Å². The number of carbonyl (C=O) groups is 3. The number of ether oxygens (including phenoxy) is 1. The molecule has 4 rings (SSSR count). The normalized spacial score (nSPS) is 12.4. The second kappa shape index (κ2) is 11.4. The smallest absolute Gasteiger partial charge is 0.340 e. The number of amides is 2. The van der Waals surface area contributed by atoms with E-state index in [1.807, 2.05) is 6.07 Å². The monoisotopic (exact) mass is 497 g/mol. The summed E-state index contributed by atoms with van der Waals surface area (Å²) < 4.78 is 4.98. The standard InChI is InChI=1S/C28H27N5O4/c1-18(34)33(17-20-4-5-20)25-10-8-21(14-23(25)28(36)37-3)24-9-7-22(16-31-24)27(35)30-13-12-19-6-11-26(29-2)32-15-19/h6-11,14-16,20H,4-5,12-13,17H2,1,3H3,(H,30,35). The maximum absolute atomic E-state index is 12.6. The predicted molar refractivity (Wildman–Crippen MR) is 138 cm³/mol. The van der Waals surface area contributed by atoms with E-state index in [-0.39, 0.29) is 11.8 Å². The highest BCUT2D eigenvalue weighted by Crippen LogP contribution is 2.34. The lowest BCUT2D eigenvalue weighted by molar-refractivity contribution is -0.116. The van der Waals surface area contributed by atoms with Gasteiger partial charge < -0.3 is 19.8 Å². The van der Waals surface area contributed by atoms with E-state index in [0.717, 1.165) is 18.4 Å². The number of rotatable bonds is 9. The van der Waals surface area contributed by atoms with Crippen molar-refractivity contribution in [2.75, 3.05) is 25.1 Å². The molecule has 9 heteroatoms. The molecule has 0 bridgehead atoms. The van der Waals surface area contributed by atoms with Crippen LogP contribution in [0, 0.1) is 12.5 Å². The largest absolute Gasteiger partial charge is 0.465 e. The Morgan fingerprint density at radius 3 is 2.51 bits per heavy atom. The van der Waals surface area contributed by atoms with Gasteiger partial charge in [0.1, 0.15) is 6.20 Å². The molecular weight excluding hydrogens is 470 g/mol. The van der Waals surface area contributed by atoms with Crippen LogP contribution in [-0.4, -0.2) is 48.0 Å². The Hall–Kier alpha value is -4.58. The second-order valence-electron chi connectivity index (χ2n) is 8.87. The average molecular weight is 498 g/mol. The predicted octanol–water partition coefficient (Wildman–Crippen LogP) is 4.22. The molecule has 1 N–H and O–H groups in total. The van der Waals surface area contributed by atoms with Gasteiger partial charge >= 0.3 is 5.97 Å². The molecule has 3 aromatic rings. The van der Waals surface area contributed by atoms with Crippen LogP contribution in [0.25, 0.3) is 16.1 Å². The van der Waals surface area contributed by atoms with Gasteiger partial charge in [0.2, 0.25) is 5.91 Å². The van der Waals surface area contributed by atoms with E-state index in [4.69, 9.17) is 11.3 Å². The van der Waals surface area contributed by atoms with Gasteiger partial charge in [-0.1, -0.05) is 18.7 Å². The molecule has 37 heavy (non-hydrogen) atoms. The number of nitrogens with zero attached hydrogens (tertiary/aromatic N) is 4. The molecule has 0 radical (unpaired) electrons. The first-order valence-electron chi connectivity index (χ1n) is 12.0. The molecular formula is C28H27N5O4. The second-order valence-corrected chi connectivity index (χ2v) is 8.87. The zero-order valence-corrected chi connectivity index (χ0v) is 20.7. The fourth-order valence-electron chi connectivity index (χ4n) is 3.91. The number of nitrogens with one attached hydrogen (secondary N) is 1. The van der Waals surface area contributed by atoms with Crippen LogP contribution in [-0.2, 0) is 16.0 Å². The minimum absolute atomic E-state index is 0.130. The van der Waals surface area contributed by atoms with Gasteiger partial charge in [0, 0.05) is 31.8 Å². The summed E-state index contributed by atoms with van der Waals surface area (Å²) in [5.41, 5.74) is 3.38. The first-order valence-corrected chi connectivity index (χ1v) is 12.0. The summed E-state index contributed by atoms with van der Waals surface area (Å²) in [6, 6.07) is 12.1. The van der Waals surface area contributed by atoms with Gasteiger partial charge in [-0.05, 0) is 61.1 Å². The number of esters is 1. The summed E-state index contributed by atoms with van der Waals surface area (Å²) >= 11 is 0. The number of carbonyl (C=O) groups excluding carboxylic acids is 3. The molecule has 0 spiro atoms. The molecule has 1 aliphatic rings. The Balaban J connectivity index is 1.46. The third-order valence-corrected chi connectivity index (χ3v) is 6.15. The van der Waals surface area contributed by atoms with Gasteiger partial charge in [-0.2, -0.15) is 0 Å². The highest BCUT2D eigenvalue weighted by Gasteiger charge is 2.29. The van der Waals surface area contributed by atoms with Gasteiger partial charge in [0.05, 0.1) is 29.6 Å². The maximum Gasteiger partial charge on any atom is 0.340 e. The molecule has 0 saturated heterocycles. The number of benzene rings is 1. The van der Waals surface area contributed by atoms with Crippen molar-refractivity contribution in [3.63, 3.8) is 0 Å². The molecule has 2 aromatic heterocycles. The first-order chi connectivity index (χ1) is 17.9. The van der Waals surface area contributed by atoms with Crippen molar-refractivity contribution in [2.45, 2.75) is 26.2 Å². The summed E-state index contributed by atoms with van der Waals surface area (Å²) in [4.78, 5) is 50.8. The lowest BCUT2D eigenvalue weighted by Gasteiger charge is -2.23. The molecule has 188 valence electrons. The van der Waals surface area contributed by atoms with E-state index in [0.29, 0.717) is 59.3 Å². The fourth-order valence-corrected chi connectivity index (χ4v) is 3.91. The molecule has 0 unspecified atom stereocenters. The molecule has 1 aliphatic carbocycles. The van der Waals surface area contributed by atoms with E-state index >= 15 is 0 Å². The van der Waals surface area contributed by atoms with Crippen molar-refractivity contribution >= 4 is 29.3 Å². The third kappa shape index (κ3) is 6.35. The van der Waals surface area contributed by atoms with Crippen LogP contribution in [0.1, 0.15) is 46.0 Å². The average Bonchev–Trinajstić information content (AvgIpc) is 3.75. The maximum atomic E-state index is 12.6. The van der Waals surface area contributed by atoms with Crippen molar-refractivity contribution < 1.29 is 19.1 Å². The van der Waals surface area contributed by atoms with Gasteiger partial charge in [0.15, 0.2) is 0 Å². The van der Waals surface area contributed by atoms with Crippen molar-refractivity contribution in [3.05, 3.63) is 83.0 Å². The van der Waals surface area contributed by atoms with E-state index in [1.165, 1.54) is 20.2 Å². The third-order valence-electron chi connectivity index (χ3n) is 6.15. The number of methoxy groups -OCH3 is 1. The van der Waals surface area contributed by atoms with E-state index in [2.05, 4.69) is 20.1 Å². The minimum atomic E-state index is -0.533.